The SMILES string of the molecule is CCNC(=NCc1ccc(C)cc1OCCOC)NCCC(=O)NC(C)CC. The predicted molar refractivity (Wildman–Crippen MR) is 114 cm³/mol. The fraction of sp³-hybridized carbons (Fsp3) is 0.619. The summed E-state index contributed by atoms with van der Waals surface area (Å²) in [5.74, 6) is 1.55. The normalized spacial score (nSPS) is 12.4. The maximum absolute atomic E-state index is 11.9. The number of aliphatic imine (C=N–C) groups is 1. The van der Waals surface area contributed by atoms with Gasteiger partial charge in [0.25, 0.3) is 0 Å². The maximum atomic E-state index is 11.9. The number of benzene rings is 1. The van der Waals surface area contributed by atoms with Gasteiger partial charge in [-0.15, -0.1) is 0 Å². The number of nitrogens with one attached hydrogen (secondary N) is 3. The summed E-state index contributed by atoms with van der Waals surface area (Å²) in [6.45, 7) is 10.9. The Morgan fingerprint density at radius 3 is 2.68 bits per heavy atom. The van der Waals surface area contributed by atoms with Gasteiger partial charge in [-0.1, -0.05) is 19.1 Å². The molecular formula is C21H36N4O3. The van der Waals surface area contributed by atoms with E-state index in [0.29, 0.717) is 38.7 Å². The highest BCUT2D eigenvalue weighted by atomic mass is 16.5. The molecule has 1 unspecified atom stereocenters. The number of hydrogen-bond acceptors (Lipinski definition) is 4. The second-order valence-electron chi connectivity index (χ2n) is 6.70. The summed E-state index contributed by atoms with van der Waals surface area (Å²) in [5, 5.41) is 9.39. The molecule has 1 rings (SSSR count). The van der Waals surface area contributed by atoms with Crippen LogP contribution in [-0.4, -0.2) is 51.3 Å². The Balaban J connectivity index is 2.65. The quantitative estimate of drug-likeness (QED) is 0.289. The van der Waals surface area contributed by atoms with Crippen molar-refractivity contribution in [1.82, 2.24) is 16.0 Å². The number of carbonyl (C=O) groups excluding carboxylic acids is 1. The molecule has 1 atom stereocenters. The van der Waals surface area contributed by atoms with Crippen molar-refractivity contribution in [2.75, 3.05) is 33.4 Å². The van der Waals surface area contributed by atoms with Gasteiger partial charge >= 0.3 is 0 Å². The van der Waals surface area contributed by atoms with E-state index in [0.717, 1.165) is 29.8 Å². The summed E-state index contributed by atoms with van der Waals surface area (Å²) >= 11 is 0. The van der Waals surface area contributed by atoms with E-state index < -0.39 is 0 Å². The summed E-state index contributed by atoms with van der Waals surface area (Å²) in [6, 6.07) is 6.30. The zero-order valence-electron chi connectivity index (χ0n) is 17.9. The van der Waals surface area contributed by atoms with Crippen molar-refractivity contribution >= 4 is 11.9 Å². The van der Waals surface area contributed by atoms with E-state index in [2.05, 4.69) is 27.9 Å². The number of carbonyl (C=O) groups is 1. The molecule has 0 aliphatic rings. The topological polar surface area (TPSA) is 84.0 Å². The molecule has 0 saturated carbocycles. The van der Waals surface area contributed by atoms with Crippen molar-refractivity contribution in [2.45, 2.75) is 53.1 Å². The Bertz CT molecular complexity index is 620. The summed E-state index contributed by atoms with van der Waals surface area (Å²) in [4.78, 5) is 16.5. The van der Waals surface area contributed by atoms with E-state index in [9.17, 15) is 4.79 Å². The third-order valence-electron chi connectivity index (χ3n) is 4.18. The lowest BCUT2D eigenvalue weighted by molar-refractivity contribution is -0.121. The summed E-state index contributed by atoms with van der Waals surface area (Å²) in [5.41, 5.74) is 2.14. The average molecular weight is 393 g/mol. The molecule has 1 aromatic carbocycles. The first-order valence-corrected chi connectivity index (χ1v) is 10.0. The Morgan fingerprint density at radius 2 is 2.00 bits per heavy atom. The van der Waals surface area contributed by atoms with Crippen LogP contribution >= 0.6 is 0 Å². The zero-order chi connectivity index (χ0) is 20.8. The molecule has 0 radical (unpaired) electrons. The smallest absolute Gasteiger partial charge is 0.221 e. The molecule has 0 fully saturated rings. The van der Waals surface area contributed by atoms with Crippen LogP contribution < -0.4 is 20.7 Å². The Hall–Kier alpha value is -2.28. The molecule has 1 aromatic rings. The molecule has 0 aliphatic carbocycles. The van der Waals surface area contributed by atoms with Gasteiger partial charge < -0.3 is 25.4 Å². The molecule has 0 saturated heterocycles. The second-order valence-corrected chi connectivity index (χ2v) is 6.70. The van der Waals surface area contributed by atoms with E-state index in [-0.39, 0.29) is 11.9 Å². The van der Waals surface area contributed by atoms with Crippen LogP contribution in [0.3, 0.4) is 0 Å². The van der Waals surface area contributed by atoms with Gasteiger partial charge in [-0.3, -0.25) is 4.79 Å². The van der Waals surface area contributed by atoms with Crippen LogP contribution in [0.1, 0.15) is 44.7 Å². The molecule has 7 heteroatoms. The lowest BCUT2D eigenvalue weighted by Crippen LogP contribution is -2.40. The number of guanidine groups is 1. The van der Waals surface area contributed by atoms with Crippen LogP contribution in [0, 0.1) is 6.92 Å². The van der Waals surface area contributed by atoms with Crippen LogP contribution in [-0.2, 0) is 16.1 Å². The molecule has 0 spiro atoms. The van der Waals surface area contributed by atoms with Crippen molar-refractivity contribution < 1.29 is 14.3 Å². The number of rotatable bonds is 12. The molecule has 0 aromatic heterocycles. The fourth-order valence-corrected chi connectivity index (χ4v) is 2.41. The lowest BCUT2D eigenvalue weighted by atomic mass is 10.1. The van der Waals surface area contributed by atoms with E-state index in [1.807, 2.05) is 39.0 Å². The number of amides is 1. The highest BCUT2D eigenvalue weighted by molar-refractivity contribution is 5.81. The minimum absolute atomic E-state index is 0.0464. The van der Waals surface area contributed by atoms with E-state index >= 15 is 0 Å². The van der Waals surface area contributed by atoms with Crippen LogP contribution in [0.15, 0.2) is 23.2 Å². The molecule has 7 nitrogen and oxygen atoms in total. The van der Waals surface area contributed by atoms with Crippen LogP contribution in [0.4, 0.5) is 0 Å². The minimum Gasteiger partial charge on any atom is -0.491 e. The van der Waals surface area contributed by atoms with Gasteiger partial charge in [0.15, 0.2) is 5.96 Å². The fourth-order valence-electron chi connectivity index (χ4n) is 2.41. The highest BCUT2D eigenvalue weighted by Gasteiger charge is 2.07. The first-order valence-electron chi connectivity index (χ1n) is 10.0. The van der Waals surface area contributed by atoms with Gasteiger partial charge in [-0.05, 0) is 38.8 Å². The zero-order valence-corrected chi connectivity index (χ0v) is 17.9. The standard InChI is InChI=1S/C21H36N4O3/c1-6-17(4)25-20(26)10-11-23-21(22-7-2)24-15-18-9-8-16(3)14-19(18)28-13-12-27-5/h8-9,14,17H,6-7,10-13,15H2,1-5H3,(H,25,26)(H2,22,23,24). The van der Waals surface area contributed by atoms with Gasteiger partial charge in [0.05, 0.1) is 13.2 Å². The number of aryl methyl sites for hydroxylation is 1. The number of nitrogens with zero attached hydrogens (tertiary/aromatic N) is 1. The highest BCUT2D eigenvalue weighted by Crippen LogP contribution is 2.21. The Kier molecular flexibility index (Phi) is 11.7. The average Bonchev–Trinajstić information content (AvgIpc) is 2.67. The molecule has 0 bridgehead atoms. The number of ether oxygens (including phenoxy) is 2. The second kappa shape index (κ2) is 13.8. The van der Waals surface area contributed by atoms with Gasteiger partial charge in [0.1, 0.15) is 12.4 Å². The first kappa shape index (κ1) is 23.8. The molecule has 0 aliphatic heterocycles. The maximum Gasteiger partial charge on any atom is 0.221 e. The Labute approximate surface area is 169 Å². The van der Waals surface area contributed by atoms with Gasteiger partial charge in [-0.25, -0.2) is 4.99 Å². The minimum atomic E-state index is 0.0464. The molecule has 158 valence electrons. The molecular weight excluding hydrogens is 356 g/mol. The Morgan fingerprint density at radius 1 is 1.21 bits per heavy atom. The third-order valence-corrected chi connectivity index (χ3v) is 4.18. The van der Waals surface area contributed by atoms with E-state index in [1.165, 1.54) is 0 Å². The molecule has 28 heavy (non-hydrogen) atoms. The van der Waals surface area contributed by atoms with E-state index in [1.54, 1.807) is 7.11 Å². The molecule has 1 amide bonds. The van der Waals surface area contributed by atoms with Gasteiger partial charge in [-0.2, -0.15) is 0 Å². The first-order chi connectivity index (χ1) is 13.5. The largest absolute Gasteiger partial charge is 0.491 e. The van der Waals surface area contributed by atoms with Gasteiger partial charge in [0, 0.05) is 38.2 Å². The van der Waals surface area contributed by atoms with Crippen molar-refractivity contribution in [3.05, 3.63) is 29.3 Å². The third kappa shape index (κ3) is 9.60. The molecule has 0 heterocycles. The van der Waals surface area contributed by atoms with Crippen LogP contribution in [0.2, 0.25) is 0 Å². The summed E-state index contributed by atoms with van der Waals surface area (Å²) in [7, 11) is 1.66. The van der Waals surface area contributed by atoms with Crippen LogP contribution in [0.5, 0.6) is 5.75 Å². The predicted octanol–water partition coefficient (Wildman–Crippen LogP) is 2.38. The van der Waals surface area contributed by atoms with Crippen molar-refractivity contribution in [2.24, 2.45) is 4.99 Å². The van der Waals surface area contributed by atoms with Crippen molar-refractivity contribution in [1.29, 1.82) is 0 Å². The monoisotopic (exact) mass is 392 g/mol. The van der Waals surface area contributed by atoms with Crippen molar-refractivity contribution in [3.8, 4) is 5.75 Å². The van der Waals surface area contributed by atoms with Gasteiger partial charge in [0.2, 0.25) is 5.91 Å². The lowest BCUT2D eigenvalue weighted by Gasteiger charge is -2.14. The summed E-state index contributed by atoms with van der Waals surface area (Å²) < 4.78 is 10.9. The van der Waals surface area contributed by atoms with Crippen molar-refractivity contribution in [3.63, 3.8) is 0 Å². The van der Waals surface area contributed by atoms with Crippen LogP contribution in [0.25, 0.3) is 0 Å². The molecule has 3 N–H and O–H groups in total. The van der Waals surface area contributed by atoms with E-state index in [4.69, 9.17) is 9.47 Å². The number of hydrogen-bond donors (Lipinski definition) is 3. The number of methoxy groups -OCH3 is 1. The summed E-state index contributed by atoms with van der Waals surface area (Å²) in [6.07, 6.45) is 1.33.